The predicted molar refractivity (Wildman–Crippen MR) is 74.8 cm³/mol. The van der Waals surface area contributed by atoms with Crippen LogP contribution >= 0.6 is 11.8 Å². The summed E-state index contributed by atoms with van der Waals surface area (Å²) in [5.41, 5.74) is 1.08. The Balaban J connectivity index is 2.37. The lowest BCUT2D eigenvalue weighted by atomic mass is 10.2. The lowest BCUT2D eigenvalue weighted by Crippen LogP contribution is -1.92. The highest BCUT2D eigenvalue weighted by Gasteiger charge is 2.09. The van der Waals surface area contributed by atoms with Crippen molar-refractivity contribution in [2.24, 2.45) is 0 Å². The SMILES string of the molecule is COc1cc(Sc2ccccc2)c(OC)cc1C. The Morgan fingerprint density at radius 3 is 2.17 bits per heavy atom. The number of ether oxygens (including phenoxy) is 2. The number of hydrogen-bond acceptors (Lipinski definition) is 3. The molecule has 94 valence electrons. The maximum Gasteiger partial charge on any atom is 0.133 e. The van der Waals surface area contributed by atoms with Crippen LogP contribution in [0.2, 0.25) is 0 Å². The first-order valence-corrected chi connectivity index (χ1v) is 6.51. The van der Waals surface area contributed by atoms with Crippen LogP contribution in [0.1, 0.15) is 5.56 Å². The lowest BCUT2D eigenvalue weighted by molar-refractivity contribution is 0.392. The van der Waals surface area contributed by atoms with Crippen molar-refractivity contribution in [2.45, 2.75) is 16.7 Å². The molecule has 3 heteroatoms. The van der Waals surface area contributed by atoms with Gasteiger partial charge in [0, 0.05) is 4.90 Å². The Hall–Kier alpha value is -1.61. The van der Waals surface area contributed by atoms with Crippen LogP contribution in [0.4, 0.5) is 0 Å². The van der Waals surface area contributed by atoms with E-state index >= 15 is 0 Å². The molecule has 0 unspecified atom stereocenters. The van der Waals surface area contributed by atoms with Crippen molar-refractivity contribution in [3.63, 3.8) is 0 Å². The number of methoxy groups -OCH3 is 2. The van der Waals surface area contributed by atoms with Gasteiger partial charge in [0.15, 0.2) is 0 Å². The van der Waals surface area contributed by atoms with Crippen LogP contribution < -0.4 is 9.47 Å². The molecule has 0 aromatic heterocycles. The molecule has 0 heterocycles. The molecule has 0 atom stereocenters. The van der Waals surface area contributed by atoms with Crippen LogP contribution in [0.15, 0.2) is 52.3 Å². The van der Waals surface area contributed by atoms with Gasteiger partial charge in [0.1, 0.15) is 11.5 Å². The van der Waals surface area contributed by atoms with Gasteiger partial charge in [0.25, 0.3) is 0 Å². The van der Waals surface area contributed by atoms with Crippen molar-refractivity contribution >= 4 is 11.8 Å². The first-order chi connectivity index (χ1) is 8.74. The van der Waals surface area contributed by atoms with Crippen molar-refractivity contribution in [3.8, 4) is 11.5 Å². The van der Waals surface area contributed by atoms with Gasteiger partial charge in [-0.15, -0.1) is 0 Å². The van der Waals surface area contributed by atoms with Crippen LogP contribution in [0.25, 0.3) is 0 Å². The zero-order chi connectivity index (χ0) is 13.0. The third-order valence-electron chi connectivity index (χ3n) is 2.65. The van der Waals surface area contributed by atoms with Crippen LogP contribution in [0.5, 0.6) is 11.5 Å². The molecule has 0 aliphatic carbocycles. The second-order valence-electron chi connectivity index (χ2n) is 3.89. The van der Waals surface area contributed by atoms with Gasteiger partial charge >= 0.3 is 0 Å². The second-order valence-corrected chi connectivity index (χ2v) is 5.00. The Bertz CT molecular complexity index is 524. The Morgan fingerprint density at radius 1 is 0.889 bits per heavy atom. The van der Waals surface area contributed by atoms with Gasteiger partial charge in [-0.2, -0.15) is 0 Å². The zero-order valence-corrected chi connectivity index (χ0v) is 11.6. The van der Waals surface area contributed by atoms with Gasteiger partial charge in [-0.05, 0) is 36.8 Å². The van der Waals surface area contributed by atoms with Gasteiger partial charge < -0.3 is 9.47 Å². The van der Waals surface area contributed by atoms with Crippen LogP contribution in [-0.2, 0) is 0 Å². The molecule has 0 aliphatic rings. The maximum absolute atomic E-state index is 5.42. The van der Waals surface area contributed by atoms with Gasteiger partial charge in [-0.25, -0.2) is 0 Å². The third-order valence-corrected chi connectivity index (χ3v) is 3.70. The normalized spacial score (nSPS) is 10.2. The van der Waals surface area contributed by atoms with Crippen LogP contribution in [-0.4, -0.2) is 14.2 Å². The van der Waals surface area contributed by atoms with Crippen molar-refractivity contribution in [3.05, 3.63) is 48.0 Å². The van der Waals surface area contributed by atoms with E-state index in [2.05, 4.69) is 12.1 Å². The van der Waals surface area contributed by atoms with Crippen molar-refractivity contribution in [1.29, 1.82) is 0 Å². The molecule has 2 rings (SSSR count). The fourth-order valence-electron chi connectivity index (χ4n) is 1.72. The minimum absolute atomic E-state index is 0.877. The fraction of sp³-hybridized carbons (Fsp3) is 0.200. The highest BCUT2D eigenvalue weighted by Crippen LogP contribution is 2.38. The van der Waals surface area contributed by atoms with Crippen LogP contribution in [0, 0.1) is 6.92 Å². The molecule has 0 saturated carbocycles. The monoisotopic (exact) mass is 260 g/mol. The molecule has 0 bridgehead atoms. The summed E-state index contributed by atoms with van der Waals surface area (Å²) in [4.78, 5) is 2.24. The maximum atomic E-state index is 5.42. The molecule has 0 saturated heterocycles. The molecule has 0 spiro atoms. The van der Waals surface area contributed by atoms with Gasteiger partial charge in [-0.3, -0.25) is 0 Å². The van der Waals surface area contributed by atoms with E-state index in [1.54, 1.807) is 26.0 Å². The molecule has 0 amide bonds. The van der Waals surface area contributed by atoms with Crippen molar-refractivity contribution < 1.29 is 9.47 Å². The molecular formula is C15H16O2S. The van der Waals surface area contributed by atoms with Gasteiger partial charge in [-0.1, -0.05) is 30.0 Å². The molecule has 0 radical (unpaired) electrons. The average Bonchev–Trinajstić information content (AvgIpc) is 2.41. The predicted octanol–water partition coefficient (Wildman–Crippen LogP) is 4.16. The molecule has 0 aliphatic heterocycles. The number of rotatable bonds is 4. The van der Waals surface area contributed by atoms with E-state index in [9.17, 15) is 0 Å². The van der Waals surface area contributed by atoms with E-state index in [1.807, 2.05) is 37.3 Å². The third kappa shape index (κ3) is 2.79. The van der Waals surface area contributed by atoms with E-state index in [1.165, 1.54) is 4.90 Å². The Morgan fingerprint density at radius 2 is 1.56 bits per heavy atom. The first kappa shape index (κ1) is 12.8. The Labute approximate surface area is 112 Å². The van der Waals surface area contributed by atoms with E-state index in [0.717, 1.165) is 22.0 Å². The summed E-state index contributed by atoms with van der Waals surface area (Å²) < 4.78 is 10.8. The van der Waals surface area contributed by atoms with Gasteiger partial charge in [0.05, 0.1) is 19.1 Å². The minimum Gasteiger partial charge on any atom is -0.496 e. The fourth-order valence-corrected chi connectivity index (χ4v) is 2.67. The number of hydrogen-bond donors (Lipinski definition) is 0. The number of benzene rings is 2. The highest BCUT2D eigenvalue weighted by molar-refractivity contribution is 7.99. The number of aryl methyl sites for hydroxylation is 1. The molecule has 2 nitrogen and oxygen atoms in total. The van der Waals surface area contributed by atoms with Crippen LogP contribution in [0.3, 0.4) is 0 Å². The summed E-state index contributed by atoms with van der Waals surface area (Å²) in [6.07, 6.45) is 0. The molecule has 0 N–H and O–H groups in total. The minimum atomic E-state index is 0.877. The smallest absolute Gasteiger partial charge is 0.133 e. The molecule has 2 aromatic rings. The standard InChI is InChI=1S/C15H16O2S/c1-11-9-14(17-3)15(10-13(11)16-2)18-12-7-5-4-6-8-12/h4-10H,1-3H3. The summed E-state index contributed by atoms with van der Waals surface area (Å²) in [5, 5.41) is 0. The first-order valence-electron chi connectivity index (χ1n) is 5.70. The largest absolute Gasteiger partial charge is 0.496 e. The van der Waals surface area contributed by atoms with E-state index in [-0.39, 0.29) is 0 Å². The average molecular weight is 260 g/mol. The van der Waals surface area contributed by atoms with E-state index in [0.29, 0.717) is 0 Å². The van der Waals surface area contributed by atoms with E-state index < -0.39 is 0 Å². The quantitative estimate of drug-likeness (QED) is 0.822. The second kappa shape index (κ2) is 5.83. The summed E-state index contributed by atoms with van der Waals surface area (Å²) in [6.45, 7) is 2.01. The van der Waals surface area contributed by atoms with Gasteiger partial charge in [0.2, 0.25) is 0 Å². The summed E-state index contributed by atoms with van der Waals surface area (Å²) in [7, 11) is 3.38. The molecule has 18 heavy (non-hydrogen) atoms. The van der Waals surface area contributed by atoms with Crippen molar-refractivity contribution in [1.82, 2.24) is 0 Å². The lowest BCUT2D eigenvalue weighted by Gasteiger charge is -2.12. The molecule has 2 aromatic carbocycles. The molecular weight excluding hydrogens is 244 g/mol. The molecule has 0 fully saturated rings. The Kier molecular flexibility index (Phi) is 4.15. The summed E-state index contributed by atoms with van der Waals surface area (Å²) >= 11 is 1.67. The highest BCUT2D eigenvalue weighted by atomic mass is 32.2. The topological polar surface area (TPSA) is 18.5 Å². The van der Waals surface area contributed by atoms with Crippen molar-refractivity contribution in [2.75, 3.05) is 14.2 Å². The summed E-state index contributed by atoms with van der Waals surface area (Å²) in [5.74, 6) is 1.76. The van der Waals surface area contributed by atoms with E-state index in [4.69, 9.17) is 9.47 Å². The zero-order valence-electron chi connectivity index (χ0n) is 10.8. The summed E-state index contributed by atoms with van der Waals surface area (Å²) in [6, 6.07) is 14.3.